The smallest absolute Gasteiger partial charge is 0.170 e. The third-order valence-electron chi connectivity index (χ3n) is 7.92. The Morgan fingerprint density at radius 2 is 1.53 bits per heavy atom. The van der Waals surface area contributed by atoms with Crippen LogP contribution in [0.1, 0.15) is 75.1 Å². The molecular weight excluding hydrogens is 400 g/mol. The van der Waals surface area contributed by atoms with Gasteiger partial charge in [0.15, 0.2) is 5.78 Å². The number of hydrogen-bond donors (Lipinski definition) is 2. The summed E-state index contributed by atoms with van der Waals surface area (Å²) in [6.07, 6.45) is 10.3. The molecule has 3 aliphatic rings. The fourth-order valence-electron chi connectivity index (χ4n) is 6.05. The third kappa shape index (κ3) is 4.30. The summed E-state index contributed by atoms with van der Waals surface area (Å²) in [5.74, 6) is 4.53. The Balaban J connectivity index is 1.27. The molecule has 2 fully saturated rings. The Morgan fingerprint density at radius 1 is 0.875 bits per heavy atom. The summed E-state index contributed by atoms with van der Waals surface area (Å²) in [5, 5.41) is 0. The first-order chi connectivity index (χ1) is 15.4. The highest BCUT2D eigenvalue weighted by Crippen LogP contribution is 2.48. The van der Waals surface area contributed by atoms with Crippen LogP contribution in [0.25, 0.3) is 0 Å². The van der Waals surface area contributed by atoms with Gasteiger partial charge in [-0.05, 0) is 80.5 Å². The second-order valence-electron chi connectivity index (χ2n) is 10.3. The van der Waals surface area contributed by atoms with E-state index in [1.54, 1.807) is 24.3 Å². The van der Waals surface area contributed by atoms with Gasteiger partial charge in [-0.15, -0.1) is 0 Å². The predicted octanol–water partition coefficient (Wildman–Crippen LogP) is 6.36. The van der Waals surface area contributed by atoms with Gasteiger partial charge in [-0.2, -0.15) is 0 Å². The quantitative estimate of drug-likeness (QED) is 0.549. The Labute approximate surface area is 190 Å². The highest BCUT2D eigenvalue weighted by atomic mass is 16.5. The molecule has 2 aromatic rings. The molecular formula is C27H34N2O3. The van der Waals surface area contributed by atoms with Crippen molar-refractivity contribution in [1.29, 1.82) is 0 Å². The summed E-state index contributed by atoms with van der Waals surface area (Å²) in [7, 11) is 0. The Hall–Kier alpha value is -2.69. The highest BCUT2D eigenvalue weighted by Gasteiger charge is 2.44. The monoisotopic (exact) mass is 434 g/mol. The van der Waals surface area contributed by atoms with Crippen molar-refractivity contribution < 1.29 is 14.3 Å². The van der Waals surface area contributed by atoms with Crippen LogP contribution in [0.4, 0.5) is 11.4 Å². The van der Waals surface area contributed by atoms with Gasteiger partial charge < -0.3 is 20.9 Å². The lowest BCUT2D eigenvalue weighted by Gasteiger charge is -2.45. The molecule has 5 nitrogen and oxygen atoms in total. The van der Waals surface area contributed by atoms with E-state index in [0.29, 0.717) is 40.6 Å². The van der Waals surface area contributed by atoms with E-state index in [1.807, 2.05) is 12.1 Å². The molecule has 1 aliphatic heterocycles. The number of ketones is 1. The number of carbonyl (C=O) groups excluding carboxylic acids is 1. The number of Topliss-reactive ketones (excluding diaryl/α,β-unsaturated/α-hetero) is 1. The molecule has 0 radical (unpaired) electrons. The fraction of sp³-hybridized carbons (Fsp3) is 0.519. The molecule has 2 aromatic carbocycles. The molecule has 1 heterocycles. The molecule has 0 atom stereocenters. The van der Waals surface area contributed by atoms with E-state index in [0.717, 1.165) is 30.6 Å². The molecule has 0 aromatic heterocycles. The van der Waals surface area contributed by atoms with Crippen molar-refractivity contribution >= 4 is 17.2 Å². The van der Waals surface area contributed by atoms with Gasteiger partial charge in [0.25, 0.3) is 0 Å². The topological polar surface area (TPSA) is 87.6 Å². The molecule has 1 spiro atoms. The number of carbonyl (C=O) groups is 1. The van der Waals surface area contributed by atoms with Crippen molar-refractivity contribution in [3.8, 4) is 17.2 Å². The van der Waals surface area contributed by atoms with Gasteiger partial charge in [0.1, 0.15) is 22.8 Å². The van der Waals surface area contributed by atoms with Crippen LogP contribution in [0.2, 0.25) is 0 Å². The maximum atomic E-state index is 13.1. The summed E-state index contributed by atoms with van der Waals surface area (Å²) in [6.45, 7) is 2.38. The first-order valence-corrected chi connectivity index (χ1v) is 12.1. The number of fused-ring (bicyclic) bond motifs is 1. The SMILES string of the molecule is CC1CCC(C2CCC3(CC2)CC(=O)c2cc(Oc4cc(N)cc(N)c4)ccc2O3)CC1. The third-order valence-corrected chi connectivity index (χ3v) is 7.92. The average Bonchev–Trinajstić information content (AvgIpc) is 2.75. The molecule has 0 saturated heterocycles. The maximum absolute atomic E-state index is 13.1. The number of rotatable bonds is 3. The highest BCUT2D eigenvalue weighted by molar-refractivity contribution is 6.00. The second kappa shape index (κ2) is 8.34. The summed E-state index contributed by atoms with van der Waals surface area (Å²) in [4.78, 5) is 13.1. The van der Waals surface area contributed by atoms with Crippen molar-refractivity contribution in [3.05, 3.63) is 42.0 Å². The molecule has 0 unspecified atom stereocenters. The van der Waals surface area contributed by atoms with Gasteiger partial charge in [-0.25, -0.2) is 0 Å². The molecule has 2 aliphatic carbocycles. The minimum atomic E-state index is -0.326. The lowest BCUT2D eigenvalue weighted by Crippen LogP contribution is -2.45. The van der Waals surface area contributed by atoms with Crippen molar-refractivity contribution in [2.75, 3.05) is 11.5 Å². The van der Waals surface area contributed by atoms with Crippen molar-refractivity contribution in [2.24, 2.45) is 17.8 Å². The number of hydrogen-bond acceptors (Lipinski definition) is 5. The van der Waals surface area contributed by atoms with E-state index >= 15 is 0 Å². The van der Waals surface area contributed by atoms with Crippen LogP contribution in [0.5, 0.6) is 17.2 Å². The molecule has 2 saturated carbocycles. The fourth-order valence-corrected chi connectivity index (χ4v) is 6.05. The van der Waals surface area contributed by atoms with Crippen LogP contribution in [-0.2, 0) is 0 Å². The van der Waals surface area contributed by atoms with Crippen LogP contribution in [-0.4, -0.2) is 11.4 Å². The van der Waals surface area contributed by atoms with Crippen molar-refractivity contribution in [3.63, 3.8) is 0 Å². The largest absolute Gasteiger partial charge is 0.486 e. The van der Waals surface area contributed by atoms with E-state index in [9.17, 15) is 4.79 Å². The number of nitrogens with two attached hydrogens (primary N) is 2. The molecule has 5 rings (SSSR count). The van der Waals surface area contributed by atoms with Gasteiger partial charge in [-0.3, -0.25) is 4.79 Å². The maximum Gasteiger partial charge on any atom is 0.170 e. The zero-order valence-electron chi connectivity index (χ0n) is 18.9. The predicted molar refractivity (Wildman–Crippen MR) is 127 cm³/mol. The number of benzene rings is 2. The summed E-state index contributed by atoms with van der Waals surface area (Å²) in [5.41, 5.74) is 13.1. The first-order valence-electron chi connectivity index (χ1n) is 12.1. The summed E-state index contributed by atoms with van der Waals surface area (Å²) in [6, 6.07) is 10.6. The lowest BCUT2D eigenvalue weighted by atomic mass is 9.67. The standard InChI is InChI=1S/C27H34N2O3/c1-17-2-4-18(5-3-17)19-8-10-27(11-9-19)16-25(30)24-15-22(6-7-26(24)32-27)31-23-13-20(28)12-21(29)14-23/h6-7,12-15,17-19H,2-5,8-11,16,28-29H2,1H3. The molecule has 5 heteroatoms. The van der Waals surface area contributed by atoms with Gasteiger partial charge in [0.2, 0.25) is 0 Å². The van der Waals surface area contributed by atoms with E-state index in [1.165, 1.54) is 38.5 Å². The number of ether oxygens (including phenoxy) is 2. The van der Waals surface area contributed by atoms with Crippen LogP contribution in [0.15, 0.2) is 36.4 Å². The van der Waals surface area contributed by atoms with E-state index < -0.39 is 0 Å². The normalized spacial score (nSPS) is 29.9. The molecule has 0 bridgehead atoms. The van der Waals surface area contributed by atoms with Gasteiger partial charge in [0, 0.05) is 23.5 Å². The average molecular weight is 435 g/mol. The van der Waals surface area contributed by atoms with Crippen LogP contribution >= 0.6 is 0 Å². The molecule has 0 amide bonds. The van der Waals surface area contributed by atoms with Gasteiger partial charge in [0.05, 0.1) is 12.0 Å². The summed E-state index contributed by atoms with van der Waals surface area (Å²) < 4.78 is 12.4. The van der Waals surface area contributed by atoms with E-state index in [2.05, 4.69) is 6.92 Å². The van der Waals surface area contributed by atoms with E-state index in [-0.39, 0.29) is 11.4 Å². The Bertz CT molecular complexity index is 982. The van der Waals surface area contributed by atoms with Crippen LogP contribution in [0.3, 0.4) is 0 Å². The van der Waals surface area contributed by atoms with Crippen molar-refractivity contribution in [2.45, 2.75) is 70.3 Å². The lowest BCUT2D eigenvalue weighted by molar-refractivity contribution is -0.00908. The Kier molecular flexibility index (Phi) is 5.52. The second-order valence-corrected chi connectivity index (χ2v) is 10.3. The summed E-state index contributed by atoms with van der Waals surface area (Å²) >= 11 is 0. The zero-order valence-corrected chi connectivity index (χ0v) is 18.9. The van der Waals surface area contributed by atoms with Gasteiger partial charge >= 0.3 is 0 Å². The molecule has 4 N–H and O–H groups in total. The Morgan fingerprint density at radius 3 is 2.22 bits per heavy atom. The van der Waals surface area contributed by atoms with E-state index in [4.69, 9.17) is 20.9 Å². The minimum absolute atomic E-state index is 0.147. The van der Waals surface area contributed by atoms with Crippen LogP contribution in [0, 0.1) is 17.8 Å². The van der Waals surface area contributed by atoms with Crippen LogP contribution < -0.4 is 20.9 Å². The van der Waals surface area contributed by atoms with Crippen molar-refractivity contribution in [1.82, 2.24) is 0 Å². The zero-order chi connectivity index (χ0) is 22.3. The minimum Gasteiger partial charge on any atom is -0.486 e. The molecule has 170 valence electrons. The number of nitrogen functional groups attached to an aromatic ring is 2. The molecule has 32 heavy (non-hydrogen) atoms. The van der Waals surface area contributed by atoms with Gasteiger partial charge in [-0.1, -0.05) is 19.8 Å². The number of anilines is 2. The first kappa shape index (κ1) is 21.2.